The van der Waals surface area contributed by atoms with Crippen molar-refractivity contribution in [3.05, 3.63) is 42.5 Å². The van der Waals surface area contributed by atoms with E-state index in [1.54, 1.807) is 6.08 Å². The highest BCUT2D eigenvalue weighted by Gasteiger charge is 2.11. The number of aliphatic hydroxyl groups is 1. The average Bonchev–Trinajstić information content (AvgIpc) is 2.28. The van der Waals surface area contributed by atoms with Crippen molar-refractivity contribution in [2.75, 3.05) is 0 Å². The Labute approximate surface area is 91.2 Å². The molecule has 0 aliphatic rings. The van der Waals surface area contributed by atoms with Crippen molar-refractivity contribution in [3.63, 3.8) is 0 Å². The molecule has 82 valence electrons. The number of para-hydroxylation sites is 1. The molecule has 2 heteroatoms. The van der Waals surface area contributed by atoms with Crippen LogP contribution in [0.2, 0.25) is 0 Å². The van der Waals surface area contributed by atoms with Crippen molar-refractivity contribution in [1.29, 1.82) is 0 Å². The number of hydrogen-bond acceptors (Lipinski definition) is 2. The van der Waals surface area contributed by atoms with Crippen LogP contribution in [0.25, 0.3) is 0 Å². The predicted octanol–water partition coefficient (Wildman–Crippen LogP) is 3.08. The zero-order chi connectivity index (χ0) is 11.3. The fourth-order valence-electron chi connectivity index (χ4n) is 1.33. The SMILES string of the molecule is C=CC(C)Oc1ccccc1[C@@H](O)CC. The highest BCUT2D eigenvalue weighted by Crippen LogP contribution is 2.27. The zero-order valence-corrected chi connectivity index (χ0v) is 9.31. The maximum atomic E-state index is 9.79. The van der Waals surface area contributed by atoms with E-state index in [4.69, 9.17) is 4.74 Å². The molecule has 1 rings (SSSR count). The van der Waals surface area contributed by atoms with Gasteiger partial charge in [-0.15, -0.1) is 0 Å². The molecule has 0 spiro atoms. The summed E-state index contributed by atoms with van der Waals surface area (Å²) in [7, 11) is 0. The van der Waals surface area contributed by atoms with Crippen molar-refractivity contribution in [1.82, 2.24) is 0 Å². The normalized spacial score (nSPS) is 14.3. The molecule has 15 heavy (non-hydrogen) atoms. The second-order valence-electron chi connectivity index (χ2n) is 3.52. The van der Waals surface area contributed by atoms with E-state index in [0.717, 1.165) is 11.3 Å². The molecule has 0 aliphatic carbocycles. The molecule has 2 atom stereocenters. The Morgan fingerprint density at radius 3 is 2.73 bits per heavy atom. The van der Waals surface area contributed by atoms with Gasteiger partial charge >= 0.3 is 0 Å². The standard InChI is InChI=1S/C13H18O2/c1-4-10(3)15-13-9-7-6-8-11(13)12(14)5-2/h4,6-10,12,14H,1,5H2,2-3H3/t10?,12-/m0/s1. The summed E-state index contributed by atoms with van der Waals surface area (Å²) in [5.74, 6) is 0.735. The molecule has 0 fully saturated rings. The summed E-state index contributed by atoms with van der Waals surface area (Å²) in [6.45, 7) is 7.53. The van der Waals surface area contributed by atoms with Gasteiger partial charge in [-0.25, -0.2) is 0 Å². The van der Waals surface area contributed by atoms with Crippen LogP contribution >= 0.6 is 0 Å². The minimum Gasteiger partial charge on any atom is -0.486 e. The second-order valence-corrected chi connectivity index (χ2v) is 3.52. The smallest absolute Gasteiger partial charge is 0.125 e. The Hall–Kier alpha value is -1.28. The van der Waals surface area contributed by atoms with Gasteiger partial charge in [0.15, 0.2) is 0 Å². The van der Waals surface area contributed by atoms with E-state index in [1.165, 1.54) is 0 Å². The molecule has 0 bridgehead atoms. The first-order valence-electron chi connectivity index (χ1n) is 5.25. The number of benzene rings is 1. The average molecular weight is 206 g/mol. The van der Waals surface area contributed by atoms with Crippen molar-refractivity contribution in [3.8, 4) is 5.75 Å². The third-order valence-corrected chi connectivity index (χ3v) is 2.31. The molecule has 1 aromatic rings. The summed E-state index contributed by atoms with van der Waals surface area (Å²) >= 11 is 0. The van der Waals surface area contributed by atoms with Crippen LogP contribution in [0, 0.1) is 0 Å². The van der Waals surface area contributed by atoms with Gasteiger partial charge in [-0.3, -0.25) is 0 Å². The van der Waals surface area contributed by atoms with Gasteiger partial charge in [0.05, 0.1) is 6.10 Å². The first-order valence-corrected chi connectivity index (χ1v) is 5.25. The quantitative estimate of drug-likeness (QED) is 0.750. The van der Waals surface area contributed by atoms with Crippen LogP contribution < -0.4 is 4.74 Å². The summed E-state index contributed by atoms with van der Waals surface area (Å²) in [4.78, 5) is 0. The van der Waals surface area contributed by atoms with Gasteiger partial charge in [-0.05, 0) is 19.4 Å². The highest BCUT2D eigenvalue weighted by molar-refractivity contribution is 5.35. The monoisotopic (exact) mass is 206 g/mol. The minimum atomic E-state index is -0.460. The Kier molecular flexibility index (Phi) is 4.37. The van der Waals surface area contributed by atoms with Gasteiger partial charge in [0.2, 0.25) is 0 Å². The van der Waals surface area contributed by atoms with Gasteiger partial charge < -0.3 is 9.84 Å². The Morgan fingerprint density at radius 1 is 1.47 bits per heavy atom. The largest absolute Gasteiger partial charge is 0.486 e. The third-order valence-electron chi connectivity index (χ3n) is 2.31. The van der Waals surface area contributed by atoms with E-state index >= 15 is 0 Å². The van der Waals surface area contributed by atoms with Crippen LogP contribution in [0.15, 0.2) is 36.9 Å². The Morgan fingerprint density at radius 2 is 2.13 bits per heavy atom. The first kappa shape index (κ1) is 11.8. The lowest BCUT2D eigenvalue weighted by molar-refractivity contribution is 0.164. The molecular weight excluding hydrogens is 188 g/mol. The van der Waals surface area contributed by atoms with Crippen LogP contribution in [-0.4, -0.2) is 11.2 Å². The lowest BCUT2D eigenvalue weighted by atomic mass is 10.1. The zero-order valence-electron chi connectivity index (χ0n) is 9.31. The molecule has 0 radical (unpaired) electrons. The number of rotatable bonds is 5. The van der Waals surface area contributed by atoms with Gasteiger partial charge in [-0.1, -0.05) is 37.8 Å². The predicted molar refractivity (Wildman–Crippen MR) is 62.0 cm³/mol. The Balaban J connectivity index is 2.90. The molecule has 1 unspecified atom stereocenters. The third kappa shape index (κ3) is 3.10. The summed E-state index contributed by atoms with van der Waals surface area (Å²) in [5, 5.41) is 9.79. The van der Waals surface area contributed by atoms with Gasteiger partial charge in [-0.2, -0.15) is 0 Å². The molecule has 0 amide bonds. The van der Waals surface area contributed by atoms with E-state index in [0.29, 0.717) is 6.42 Å². The fraction of sp³-hybridized carbons (Fsp3) is 0.385. The van der Waals surface area contributed by atoms with Gasteiger partial charge in [0.25, 0.3) is 0 Å². The van der Waals surface area contributed by atoms with E-state index in [9.17, 15) is 5.11 Å². The number of ether oxygens (including phenoxy) is 1. The lowest BCUT2D eigenvalue weighted by Crippen LogP contribution is -2.10. The van der Waals surface area contributed by atoms with Crippen LogP contribution in [0.1, 0.15) is 31.9 Å². The van der Waals surface area contributed by atoms with Crippen molar-refractivity contribution in [2.24, 2.45) is 0 Å². The van der Waals surface area contributed by atoms with E-state index < -0.39 is 6.10 Å². The van der Waals surface area contributed by atoms with E-state index in [2.05, 4.69) is 6.58 Å². The van der Waals surface area contributed by atoms with Gasteiger partial charge in [0.1, 0.15) is 11.9 Å². The van der Waals surface area contributed by atoms with Crippen molar-refractivity contribution in [2.45, 2.75) is 32.5 Å². The minimum absolute atomic E-state index is 0.0461. The van der Waals surface area contributed by atoms with Crippen molar-refractivity contribution < 1.29 is 9.84 Å². The molecular formula is C13H18O2. The maximum Gasteiger partial charge on any atom is 0.125 e. The Bertz CT molecular complexity index is 320. The van der Waals surface area contributed by atoms with Crippen LogP contribution in [0.5, 0.6) is 5.75 Å². The summed E-state index contributed by atoms with van der Waals surface area (Å²) in [5.41, 5.74) is 0.841. The van der Waals surface area contributed by atoms with E-state index in [-0.39, 0.29) is 6.10 Å². The first-order chi connectivity index (χ1) is 7.19. The highest BCUT2D eigenvalue weighted by atomic mass is 16.5. The molecule has 1 N–H and O–H groups in total. The van der Waals surface area contributed by atoms with E-state index in [1.807, 2.05) is 38.1 Å². The lowest BCUT2D eigenvalue weighted by Gasteiger charge is -2.17. The molecule has 0 aliphatic heterocycles. The number of aliphatic hydroxyl groups excluding tert-OH is 1. The molecule has 0 aromatic heterocycles. The topological polar surface area (TPSA) is 29.5 Å². The summed E-state index contributed by atoms with van der Waals surface area (Å²) < 4.78 is 5.64. The van der Waals surface area contributed by atoms with Crippen LogP contribution in [0.4, 0.5) is 0 Å². The molecule has 0 heterocycles. The summed E-state index contributed by atoms with van der Waals surface area (Å²) in [6.07, 6.45) is 1.91. The molecule has 0 saturated heterocycles. The van der Waals surface area contributed by atoms with Crippen LogP contribution in [0.3, 0.4) is 0 Å². The molecule has 0 saturated carbocycles. The van der Waals surface area contributed by atoms with Crippen LogP contribution in [-0.2, 0) is 0 Å². The maximum absolute atomic E-state index is 9.79. The summed E-state index contributed by atoms with van der Waals surface area (Å²) in [6, 6.07) is 7.56. The van der Waals surface area contributed by atoms with Gasteiger partial charge in [0, 0.05) is 5.56 Å². The molecule has 2 nitrogen and oxygen atoms in total. The van der Waals surface area contributed by atoms with Crippen molar-refractivity contribution >= 4 is 0 Å². The molecule has 1 aromatic carbocycles. The number of hydrogen-bond donors (Lipinski definition) is 1. The fourth-order valence-corrected chi connectivity index (χ4v) is 1.33. The second kappa shape index (κ2) is 5.56.